The number of fused-ring (bicyclic) bond motifs is 1. The number of hydrogen-bond acceptors (Lipinski definition) is 4. The first-order chi connectivity index (χ1) is 13.8. The molecule has 8 heteroatoms. The van der Waals surface area contributed by atoms with Gasteiger partial charge in [0.1, 0.15) is 11.4 Å². The predicted molar refractivity (Wildman–Crippen MR) is 102 cm³/mol. The largest absolute Gasteiger partial charge is 0.573 e. The van der Waals surface area contributed by atoms with E-state index in [4.69, 9.17) is 5.73 Å². The predicted octanol–water partition coefficient (Wildman–Crippen LogP) is 4.71. The van der Waals surface area contributed by atoms with Crippen molar-refractivity contribution in [1.82, 2.24) is 9.38 Å². The standard InChI is InChI=1S/C21H14F3N3O2/c22-21(23,24)29-16-8-4-7-14(11-16)18-20(25)26-17-10-9-15(12-27(17)18)19(28)13-5-2-1-3-6-13/h1-12H,25H2. The molecule has 0 unspecified atom stereocenters. The van der Waals surface area contributed by atoms with Gasteiger partial charge in [0.15, 0.2) is 11.6 Å². The Morgan fingerprint density at radius 2 is 1.72 bits per heavy atom. The van der Waals surface area contributed by atoms with Gasteiger partial charge in [0.25, 0.3) is 0 Å². The highest BCUT2D eigenvalue weighted by molar-refractivity contribution is 6.09. The minimum atomic E-state index is -4.81. The summed E-state index contributed by atoms with van der Waals surface area (Å²) in [7, 11) is 0. The van der Waals surface area contributed by atoms with Gasteiger partial charge in [-0.3, -0.25) is 9.20 Å². The van der Waals surface area contributed by atoms with Gasteiger partial charge in [-0.15, -0.1) is 13.2 Å². The number of hydrogen-bond donors (Lipinski definition) is 1. The zero-order chi connectivity index (χ0) is 20.6. The summed E-state index contributed by atoms with van der Waals surface area (Å²) in [5, 5.41) is 0. The highest BCUT2D eigenvalue weighted by Crippen LogP contribution is 2.32. The fraction of sp³-hybridized carbons (Fsp3) is 0.0476. The minimum absolute atomic E-state index is 0.124. The van der Waals surface area contributed by atoms with Crippen LogP contribution in [0.5, 0.6) is 5.75 Å². The molecule has 0 amide bonds. The van der Waals surface area contributed by atoms with Gasteiger partial charge in [0.2, 0.25) is 0 Å². The summed E-state index contributed by atoms with van der Waals surface area (Å²) >= 11 is 0. The molecule has 2 aromatic carbocycles. The van der Waals surface area contributed by atoms with Crippen molar-refractivity contribution in [2.24, 2.45) is 0 Å². The fourth-order valence-corrected chi connectivity index (χ4v) is 3.08. The van der Waals surface area contributed by atoms with Crippen LogP contribution in [0, 0.1) is 0 Å². The third kappa shape index (κ3) is 3.77. The van der Waals surface area contributed by atoms with Crippen molar-refractivity contribution in [1.29, 1.82) is 0 Å². The molecule has 0 atom stereocenters. The zero-order valence-electron chi connectivity index (χ0n) is 14.9. The molecule has 0 fully saturated rings. The van der Waals surface area contributed by atoms with Crippen LogP contribution < -0.4 is 10.5 Å². The lowest BCUT2D eigenvalue weighted by Crippen LogP contribution is -2.17. The van der Waals surface area contributed by atoms with E-state index in [1.807, 2.05) is 6.07 Å². The first-order valence-corrected chi connectivity index (χ1v) is 8.55. The molecule has 0 radical (unpaired) electrons. The number of alkyl halides is 3. The van der Waals surface area contributed by atoms with Gasteiger partial charge in [-0.25, -0.2) is 4.98 Å². The Balaban J connectivity index is 1.80. The lowest BCUT2D eigenvalue weighted by Gasteiger charge is -2.10. The number of halogens is 3. The van der Waals surface area contributed by atoms with Gasteiger partial charge in [-0.2, -0.15) is 0 Å². The summed E-state index contributed by atoms with van der Waals surface area (Å²) in [6.45, 7) is 0. The highest BCUT2D eigenvalue weighted by atomic mass is 19.4. The van der Waals surface area contributed by atoms with Crippen molar-refractivity contribution >= 4 is 17.2 Å². The summed E-state index contributed by atoms with van der Waals surface area (Å²) in [5.74, 6) is -0.445. The second-order valence-corrected chi connectivity index (χ2v) is 6.26. The molecule has 0 aliphatic heterocycles. The van der Waals surface area contributed by atoms with E-state index in [0.717, 1.165) is 0 Å². The van der Waals surface area contributed by atoms with Crippen LogP contribution in [0.2, 0.25) is 0 Å². The average Bonchev–Trinajstić information content (AvgIpc) is 3.02. The molecule has 4 rings (SSSR count). The first-order valence-electron chi connectivity index (χ1n) is 8.55. The third-order valence-corrected chi connectivity index (χ3v) is 4.28. The van der Waals surface area contributed by atoms with Crippen LogP contribution in [-0.4, -0.2) is 21.5 Å². The van der Waals surface area contributed by atoms with Crippen LogP contribution in [0.25, 0.3) is 16.9 Å². The molecule has 0 bridgehead atoms. The molecular formula is C21H14F3N3O2. The van der Waals surface area contributed by atoms with Gasteiger partial charge in [-0.1, -0.05) is 42.5 Å². The number of nitrogen functional groups attached to an aromatic ring is 1. The number of nitrogens with zero attached hydrogens (tertiary/aromatic N) is 2. The summed E-state index contributed by atoms with van der Waals surface area (Å²) in [5.41, 5.74) is 8.14. The highest BCUT2D eigenvalue weighted by Gasteiger charge is 2.31. The summed E-state index contributed by atoms with van der Waals surface area (Å²) < 4.78 is 43.2. The zero-order valence-corrected chi connectivity index (χ0v) is 14.9. The van der Waals surface area contributed by atoms with Crippen LogP contribution >= 0.6 is 0 Å². The van der Waals surface area contributed by atoms with E-state index in [9.17, 15) is 18.0 Å². The lowest BCUT2D eigenvalue weighted by molar-refractivity contribution is -0.274. The van der Waals surface area contributed by atoms with Crippen LogP contribution in [0.4, 0.5) is 19.0 Å². The lowest BCUT2D eigenvalue weighted by atomic mass is 10.1. The van der Waals surface area contributed by atoms with Crippen molar-refractivity contribution in [2.75, 3.05) is 5.73 Å². The van der Waals surface area contributed by atoms with Gasteiger partial charge in [0, 0.05) is 22.9 Å². The Morgan fingerprint density at radius 3 is 2.45 bits per heavy atom. The Kier molecular flexibility index (Phi) is 4.46. The maximum Gasteiger partial charge on any atom is 0.573 e. The van der Waals surface area contributed by atoms with Crippen molar-refractivity contribution in [3.8, 4) is 17.0 Å². The molecule has 29 heavy (non-hydrogen) atoms. The molecule has 0 saturated carbocycles. The van der Waals surface area contributed by atoms with E-state index in [1.165, 1.54) is 18.2 Å². The van der Waals surface area contributed by atoms with Crippen LogP contribution in [0.1, 0.15) is 15.9 Å². The minimum Gasteiger partial charge on any atom is -0.406 e. The number of imidazole rings is 1. The number of benzene rings is 2. The molecule has 2 heterocycles. The fourth-order valence-electron chi connectivity index (χ4n) is 3.08. The second-order valence-electron chi connectivity index (χ2n) is 6.26. The van der Waals surface area contributed by atoms with E-state index < -0.39 is 6.36 Å². The van der Waals surface area contributed by atoms with Gasteiger partial charge in [-0.05, 0) is 24.3 Å². The van der Waals surface area contributed by atoms with Crippen molar-refractivity contribution in [3.63, 3.8) is 0 Å². The molecule has 0 spiro atoms. The summed E-state index contributed by atoms with van der Waals surface area (Å²) in [6.07, 6.45) is -3.24. The Hall–Kier alpha value is -3.81. The molecular weight excluding hydrogens is 383 g/mol. The summed E-state index contributed by atoms with van der Waals surface area (Å²) in [6, 6.07) is 17.4. The van der Waals surface area contributed by atoms with E-state index >= 15 is 0 Å². The van der Waals surface area contributed by atoms with Gasteiger partial charge < -0.3 is 10.5 Å². The quantitative estimate of drug-likeness (QED) is 0.506. The molecule has 4 aromatic rings. The first kappa shape index (κ1) is 18.5. The number of carbonyl (C=O) groups is 1. The molecule has 2 N–H and O–H groups in total. The van der Waals surface area contributed by atoms with Crippen LogP contribution in [-0.2, 0) is 0 Å². The second kappa shape index (κ2) is 6.97. The number of aromatic nitrogens is 2. The van der Waals surface area contributed by atoms with Crippen molar-refractivity contribution in [2.45, 2.75) is 6.36 Å². The SMILES string of the molecule is Nc1nc2ccc(C(=O)c3ccccc3)cn2c1-c1cccc(OC(F)(F)F)c1. The van der Waals surface area contributed by atoms with E-state index in [-0.39, 0.29) is 17.4 Å². The number of anilines is 1. The number of pyridine rings is 1. The van der Waals surface area contributed by atoms with Crippen LogP contribution in [0.15, 0.2) is 72.9 Å². The maximum atomic E-state index is 12.7. The van der Waals surface area contributed by atoms with Crippen LogP contribution in [0.3, 0.4) is 0 Å². The molecule has 0 aliphatic rings. The van der Waals surface area contributed by atoms with Crippen molar-refractivity contribution < 1.29 is 22.7 Å². The Morgan fingerprint density at radius 1 is 0.966 bits per heavy atom. The van der Waals surface area contributed by atoms with E-state index in [0.29, 0.717) is 28.0 Å². The van der Waals surface area contributed by atoms with Gasteiger partial charge >= 0.3 is 6.36 Å². The number of nitrogens with two attached hydrogens (primary N) is 1. The van der Waals surface area contributed by atoms with E-state index in [1.54, 1.807) is 53.1 Å². The monoisotopic (exact) mass is 397 g/mol. The average molecular weight is 397 g/mol. The topological polar surface area (TPSA) is 69.6 Å². The normalized spacial score (nSPS) is 11.6. The Bertz CT molecular complexity index is 1200. The molecule has 0 saturated heterocycles. The smallest absolute Gasteiger partial charge is 0.406 e. The molecule has 5 nitrogen and oxygen atoms in total. The maximum absolute atomic E-state index is 12.7. The Labute approximate surface area is 163 Å². The number of ketones is 1. The molecule has 146 valence electrons. The number of carbonyl (C=O) groups excluding carboxylic acids is 1. The number of ether oxygens (including phenoxy) is 1. The third-order valence-electron chi connectivity index (χ3n) is 4.28. The number of rotatable bonds is 4. The van der Waals surface area contributed by atoms with Gasteiger partial charge in [0.05, 0.1) is 5.69 Å². The summed E-state index contributed by atoms with van der Waals surface area (Å²) in [4.78, 5) is 17.0. The van der Waals surface area contributed by atoms with Crippen molar-refractivity contribution in [3.05, 3.63) is 84.1 Å². The van der Waals surface area contributed by atoms with E-state index in [2.05, 4.69) is 9.72 Å². The molecule has 0 aliphatic carbocycles. The molecule has 2 aromatic heterocycles.